The molecule has 0 bridgehead atoms. The van der Waals surface area contributed by atoms with Crippen LogP contribution in [-0.4, -0.2) is 26.6 Å². The predicted octanol–water partition coefficient (Wildman–Crippen LogP) is 4.27. The Morgan fingerprint density at radius 2 is 1.96 bits per heavy atom. The van der Waals surface area contributed by atoms with Crippen molar-refractivity contribution in [2.24, 2.45) is 10.1 Å². The molecule has 0 atom stereocenters. The van der Waals surface area contributed by atoms with E-state index in [2.05, 4.69) is 4.99 Å². The molecule has 0 aliphatic rings. The highest BCUT2D eigenvalue weighted by molar-refractivity contribution is 7.14. The van der Waals surface area contributed by atoms with Crippen LogP contribution in [-0.2, 0) is 0 Å². The third-order valence-corrected chi connectivity index (χ3v) is 5.17. The molecule has 0 aliphatic heterocycles. The smallest absolute Gasteiger partial charge is 0.206 e. The summed E-state index contributed by atoms with van der Waals surface area (Å²) < 4.78 is 1.82. The Morgan fingerprint density at radius 3 is 2.60 bits per heavy atom. The number of aromatic hydroxyl groups is 2. The average molecular weight is 374 g/mol. The number of hydrogen-bond donors (Lipinski definition) is 2. The van der Waals surface area contributed by atoms with Crippen LogP contribution < -0.4 is 4.80 Å². The SMILES string of the molecule is CC(=Nn1c(-c2cccs2)csc1=NC(C)C)c1ccc(O)cc1O. The summed E-state index contributed by atoms with van der Waals surface area (Å²) in [5.41, 5.74) is 2.18. The third-order valence-electron chi connectivity index (χ3n) is 3.45. The lowest BCUT2D eigenvalue weighted by Crippen LogP contribution is -2.16. The summed E-state index contributed by atoms with van der Waals surface area (Å²) in [5.74, 6) is 0.0177. The standard InChI is InChI=1S/C18H19N3O2S2/c1-11(2)19-18-21(15(10-25-18)17-5-4-8-24-17)20-12(3)14-7-6-13(22)9-16(14)23/h4-11,22-23H,1-3H3. The molecule has 0 unspecified atom stereocenters. The van der Waals surface area contributed by atoms with Crippen LogP contribution in [0.25, 0.3) is 10.6 Å². The monoisotopic (exact) mass is 373 g/mol. The van der Waals surface area contributed by atoms with E-state index in [0.717, 1.165) is 15.4 Å². The van der Waals surface area contributed by atoms with Crippen LogP contribution >= 0.6 is 22.7 Å². The predicted molar refractivity (Wildman–Crippen MR) is 104 cm³/mol. The van der Waals surface area contributed by atoms with Gasteiger partial charge in [0.25, 0.3) is 0 Å². The minimum Gasteiger partial charge on any atom is -0.508 e. The van der Waals surface area contributed by atoms with Gasteiger partial charge in [-0.15, -0.1) is 22.7 Å². The average Bonchev–Trinajstić information content (AvgIpc) is 3.17. The molecule has 3 aromatic rings. The van der Waals surface area contributed by atoms with E-state index in [1.165, 1.54) is 23.5 Å². The molecule has 3 rings (SSSR count). The Kier molecular flexibility index (Phi) is 5.06. The molecular formula is C18H19N3O2S2. The van der Waals surface area contributed by atoms with Gasteiger partial charge in [-0.3, -0.25) is 4.99 Å². The highest BCUT2D eigenvalue weighted by Gasteiger charge is 2.11. The van der Waals surface area contributed by atoms with Gasteiger partial charge in [0.1, 0.15) is 11.5 Å². The van der Waals surface area contributed by atoms with Crippen molar-refractivity contribution < 1.29 is 10.2 Å². The molecule has 2 N–H and O–H groups in total. The lowest BCUT2D eigenvalue weighted by molar-refractivity contribution is 0.450. The maximum absolute atomic E-state index is 10.1. The van der Waals surface area contributed by atoms with E-state index in [1.54, 1.807) is 17.4 Å². The van der Waals surface area contributed by atoms with Crippen molar-refractivity contribution in [2.45, 2.75) is 26.8 Å². The van der Waals surface area contributed by atoms with Gasteiger partial charge in [0.2, 0.25) is 4.80 Å². The first-order valence-corrected chi connectivity index (χ1v) is 9.58. The number of thiazole rings is 1. The minimum atomic E-state index is -0.00268. The van der Waals surface area contributed by atoms with Crippen molar-refractivity contribution in [1.82, 2.24) is 4.68 Å². The Morgan fingerprint density at radius 1 is 1.16 bits per heavy atom. The van der Waals surface area contributed by atoms with E-state index in [4.69, 9.17) is 5.10 Å². The van der Waals surface area contributed by atoms with E-state index in [9.17, 15) is 10.2 Å². The Balaban J connectivity index is 2.16. The molecule has 5 nitrogen and oxygen atoms in total. The number of benzene rings is 1. The van der Waals surface area contributed by atoms with Gasteiger partial charge in [0.15, 0.2) is 0 Å². The van der Waals surface area contributed by atoms with E-state index >= 15 is 0 Å². The number of thiophene rings is 1. The van der Waals surface area contributed by atoms with Gasteiger partial charge in [-0.1, -0.05) is 6.07 Å². The molecule has 1 aromatic carbocycles. The van der Waals surface area contributed by atoms with Crippen molar-refractivity contribution in [3.05, 3.63) is 51.5 Å². The zero-order valence-corrected chi connectivity index (χ0v) is 15.8. The third kappa shape index (κ3) is 3.83. The molecule has 2 heterocycles. The van der Waals surface area contributed by atoms with E-state index in [0.29, 0.717) is 11.3 Å². The lowest BCUT2D eigenvalue weighted by atomic mass is 10.1. The second kappa shape index (κ2) is 7.25. The number of phenolic OH excluding ortho intramolecular Hbond substituents is 2. The molecule has 2 aromatic heterocycles. The zero-order chi connectivity index (χ0) is 18.0. The Labute approximate surface area is 153 Å². The molecule has 25 heavy (non-hydrogen) atoms. The second-order valence-electron chi connectivity index (χ2n) is 5.80. The van der Waals surface area contributed by atoms with E-state index < -0.39 is 0 Å². The number of nitrogens with zero attached hydrogens (tertiary/aromatic N) is 3. The number of rotatable bonds is 4. The summed E-state index contributed by atoms with van der Waals surface area (Å²) in [6.45, 7) is 5.88. The number of phenols is 2. The zero-order valence-electron chi connectivity index (χ0n) is 14.2. The van der Waals surface area contributed by atoms with Crippen LogP contribution in [0.2, 0.25) is 0 Å². The highest BCUT2D eigenvalue weighted by atomic mass is 32.1. The van der Waals surface area contributed by atoms with Gasteiger partial charge in [0, 0.05) is 23.1 Å². The minimum absolute atomic E-state index is 0.00268. The summed E-state index contributed by atoms with van der Waals surface area (Å²) in [4.78, 5) is 6.56. The number of aromatic nitrogens is 1. The molecule has 0 saturated heterocycles. The second-order valence-corrected chi connectivity index (χ2v) is 7.59. The molecule has 0 fully saturated rings. The summed E-state index contributed by atoms with van der Waals surface area (Å²) in [6.07, 6.45) is 0. The van der Waals surface area contributed by atoms with Crippen molar-refractivity contribution in [3.8, 4) is 22.1 Å². The fraction of sp³-hybridized carbons (Fsp3) is 0.222. The lowest BCUT2D eigenvalue weighted by Gasteiger charge is -2.07. The summed E-state index contributed by atoms with van der Waals surface area (Å²) >= 11 is 3.18. The van der Waals surface area contributed by atoms with Crippen LogP contribution in [0.1, 0.15) is 26.3 Å². The van der Waals surface area contributed by atoms with Crippen LogP contribution in [0.3, 0.4) is 0 Å². The molecule has 7 heteroatoms. The molecule has 0 aliphatic carbocycles. The molecular weight excluding hydrogens is 354 g/mol. The Hall–Kier alpha value is -2.38. The fourth-order valence-electron chi connectivity index (χ4n) is 2.33. The van der Waals surface area contributed by atoms with Crippen LogP contribution in [0.5, 0.6) is 11.5 Å². The van der Waals surface area contributed by atoms with Gasteiger partial charge in [-0.05, 0) is 44.4 Å². The van der Waals surface area contributed by atoms with Gasteiger partial charge in [0.05, 0.1) is 16.3 Å². The first-order valence-electron chi connectivity index (χ1n) is 7.82. The normalized spacial score (nSPS) is 13.0. The van der Waals surface area contributed by atoms with E-state index in [-0.39, 0.29) is 17.5 Å². The Bertz CT molecular complexity index is 967. The molecule has 0 amide bonds. The summed E-state index contributed by atoms with van der Waals surface area (Å²) in [6, 6.07) is 8.70. The molecule has 130 valence electrons. The van der Waals surface area contributed by atoms with Crippen molar-refractivity contribution in [2.75, 3.05) is 0 Å². The van der Waals surface area contributed by atoms with Crippen molar-refractivity contribution in [3.63, 3.8) is 0 Å². The largest absolute Gasteiger partial charge is 0.508 e. The van der Waals surface area contributed by atoms with Gasteiger partial charge in [-0.2, -0.15) is 5.10 Å². The first-order chi connectivity index (χ1) is 12.0. The van der Waals surface area contributed by atoms with Crippen molar-refractivity contribution in [1.29, 1.82) is 0 Å². The maximum Gasteiger partial charge on any atom is 0.206 e. The highest BCUT2D eigenvalue weighted by Crippen LogP contribution is 2.27. The number of hydrogen-bond acceptors (Lipinski definition) is 6. The van der Waals surface area contributed by atoms with Crippen molar-refractivity contribution >= 4 is 28.4 Å². The van der Waals surface area contributed by atoms with Gasteiger partial charge >= 0.3 is 0 Å². The summed E-state index contributed by atoms with van der Waals surface area (Å²) in [7, 11) is 0. The maximum atomic E-state index is 10.1. The topological polar surface area (TPSA) is 70.1 Å². The van der Waals surface area contributed by atoms with Crippen LogP contribution in [0, 0.1) is 0 Å². The van der Waals surface area contributed by atoms with Gasteiger partial charge < -0.3 is 10.2 Å². The molecule has 0 saturated carbocycles. The molecule has 0 spiro atoms. The van der Waals surface area contributed by atoms with Crippen LogP contribution in [0.15, 0.2) is 51.2 Å². The summed E-state index contributed by atoms with van der Waals surface area (Å²) in [5, 5.41) is 28.3. The van der Waals surface area contributed by atoms with Crippen LogP contribution in [0.4, 0.5) is 0 Å². The quantitative estimate of drug-likeness (QED) is 0.671. The fourth-order valence-corrected chi connectivity index (χ4v) is 4.09. The van der Waals surface area contributed by atoms with Gasteiger partial charge in [-0.25, -0.2) is 4.68 Å². The first kappa shape index (κ1) is 17.4. The molecule has 0 radical (unpaired) electrons. The van der Waals surface area contributed by atoms with E-state index in [1.807, 2.05) is 48.3 Å².